The molecule has 0 aromatic heterocycles. The molecule has 1 aromatic rings. The molecule has 100 valence electrons. The third-order valence-electron chi connectivity index (χ3n) is 1.80. The van der Waals surface area contributed by atoms with E-state index < -0.39 is 32.8 Å². The molecule has 0 aliphatic carbocycles. The first-order valence-electron chi connectivity index (χ1n) is 4.40. The highest BCUT2D eigenvalue weighted by Gasteiger charge is 2.46. The van der Waals surface area contributed by atoms with E-state index in [0.29, 0.717) is 12.1 Å². The predicted molar refractivity (Wildman–Crippen MR) is 52.8 cm³/mol. The first kappa shape index (κ1) is 14.3. The Bertz CT molecular complexity index is 532. The van der Waals surface area contributed by atoms with Crippen molar-refractivity contribution in [2.75, 3.05) is 6.61 Å². The number of carbonyl (C=O) groups is 1. The molecular weight excluding hydrogens is 277 g/mol. The zero-order valence-corrected chi connectivity index (χ0v) is 9.46. The topological polar surface area (TPSA) is 80.7 Å². The second-order valence-corrected chi connectivity index (χ2v) is 5.04. The molecule has 1 rings (SSSR count). The maximum atomic E-state index is 12.2. The van der Waals surface area contributed by atoms with Gasteiger partial charge >= 0.3 is 11.5 Å². The summed E-state index contributed by atoms with van der Waals surface area (Å²) < 4.78 is 63.1. The van der Waals surface area contributed by atoms with Gasteiger partial charge in [-0.2, -0.15) is 13.2 Å². The van der Waals surface area contributed by atoms with Crippen LogP contribution in [0.25, 0.3) is 0 Å². The van der Waals surface area contributed by atoms with E-state index in [1.807, 2.05) is 0 Å². The summed E-state index contributed by atoms with van der Waals surface area (Å²) in [6.45, 7) is -0.675. The zero-order valence-electron chi connectivity index (χ0n) is 8.64. The van der Waals surface area contributed by atoms with Gasteiger partial charge in [0.1, 0.15) is 5.75 Å². The Labute approximate surface area is 99.7 Å². The Hall–Kier alpha value is -1.77. The van der Waals surface area contributed by atoms with Gasteiger partial charge in [-0.25, -0.2) is 13.2 Å². The average Bonchev–Trinajstić information content (AvgIpc) is 2.25. The molecule has 1 aromatic carbocycles. The number of hydrogen-bond acceptors (Lipinski definition) is 4. The van der Waals surface area contributed by atoms with Crippen LogP contribution in [0.1, 0.15) is 0 Å². The van der Waals surface area contributed by atoms with E-state index in [0.717, 1.165) is 12.1 Å². The molecule has 0 fully saturated rings. The molecule has 5 nitrogen and oxygen atoms in total. The van der Waals surface area contributed by atoms with Gasteiger partial charge in [0.15, 0.2) is 6.61 Å². The summed E-state index contributed by atoms with van der Waals surface area (Å²) in [4.78, 5) is 9.23. The number of aliphatic carboxylic acids is 1. The summed E-state index contributed by atoms with van der Waals surface area (Å²) in [6.07, 6.45) is 0. The second kappa shape index (κ2) is 4.84. The molecule has 0 heterocycles. The summed E-state index contributed by atoms with van der Waals surface area (Å²) in [5, 5.41) is 8.30. The van der Waals surface area contributed by atoms with Crippen molar-refractivity contribution in [2.45, 2.75) is 10.4 Å². The third-order valence-corrected chi connectivity index (χ3v) is 3.30. The fraction of sp³-hybridized carbons (Fsp3) is 0.222. The monoisotopic (exact) mass is 284 g/mol. The van der Waals surface area contributed by atoms with Crippen molar-refractivity contribution in [1.29, 1.82) is 0 Å². The molecule has 0 spiro atoms. The first-order chi connectivity index (χ1) is 8.14. The molecule has 0 saturated carbocycles. The minimum absolute atomic E-state index is 0.0430. The minimum atomic E-state index is -5.40. The van der Waals surface area contributed by atoms with Crippen molar-refractivity contribution < 1.29 is 36.2 Å². The van der Waals surface area contributed by atoms with Crippen LogP contribution >= 0.6 is 0 Å². The van der Waals surface area contributed by atoms with Crippen molar-refractivity contribution in [3.05, 3.63) is 24.3 Å². The van der Waals surface area contributed by atoms with Gasteiger partial charge in [-0.1, -0.05) is 0 Å². The summed E-state index contributed by atoms with van der Waals surface area (Å²) in [6, 6.07) is 3.28. The van der Waals surface area contributed by atoms with Gasteiger partial charge in [0.25, 0.3) is 9.84 Å². The normalized spacial score (nSPS) is 12.2. The van der Waals surface area contributed by atoms with E-state index in [2.05, 4.69) is 4.74 Å². The molecule has 0 saturated heterocycles. The van der Waals surface area contributed by atoms with Gasteiger partial charge in [-0.05, 0) is 24.3 Å². The Balaban J connectivity index is 2.93. The Morgan fingerprint density at radius 2 is 1.72 bits per heavy atom. The van der Waals surface area contributed by atoms with Crippen LogP contribution < -0.4 is 4.74 Å². The highest BCUT2D eigenvalue weighted by molar-refractivity contribution is 7.92. The molecule has 0 aliphatic rings. The lowest BCUT2D eigenvalue weighted by molar-refractivity contribution is -0.139. The Morgan fingerprint density at radius 3 is 2.11 bits per heavy atom. The van der Waals surface area contributed by atoms with Gasteiger partial charge < -0.3 is 9.84 Å². The molecule has 0 radical (unpaired) electrons. The molecule has 0 unspecified atom stereocenters. The van der Waals surface area contributed by atoms with Crippen LogP contribution in [0.5, 0.6) is 5.75 Å². The highest BCUT2D eigenvalue weighted by atomic mass is 32.2. The van der Waals surface area contributed by atoms with Gasteiger partial charge in [-0.15, -0.1) is 0 Å². The van der Waals surface area contributed by atoms with E-state index in [4.69, 9.17) is 5.11 Å². The largest absolute Gasteiger partial charge is 0.501 e. The van der Waals surface area contributed by atoms with Gasteiger partial charge in [0, 0.05) is 0 Å². The molecule has 18 heavy (non-hydrogen) atoms. The quantitative estimate of drug-likeness (QED) is 0.905. The number of ether oxygens (including phenoxy) is 1. The van der Waals surface area contributed by atoms with Crippen LogP contribution in [0.2, 0.25) is 0 Å². The maximum Gasteiger partial charge on any atom is 0.501 e. The Kier molecular flexibility index (Phi) is 3.85. The van der Waals surface area contributed by atoms with E-state index >= 15 is 0 Å². The fourth-order valence-electron chi connectivity index (χ4n) is 0.994. The van der Waals surface area contributed by atoms with E-state index in [9.17, 15) is 26.4 Å². The first-order valence-corrected chi connectivity index (χ1v) is 5.89. The number of hydrogen-bond donors (Lipinski definition) is 1. The SMILES string of the molecule is O=C(O)COc1ccc(S(=O)(=O)C(F)(F)F)cc1. The van der Waals surface area contributed by atoms with Gasteiger partial charge in [-0.3, -0.25) is 0 Å². The molecule has 9 heteroatoms. The molecule has 0 bridgehead atoms. The maximum absolute atomic E-state index is 12.2. The standard InChI is InChI=1S/C9H7F3O5S/c10-9(11,12)18(15,16)7-3-1-6(2-4-7)17-5-8(13)14/h1-4H,5H2,(H,13,14). The van der Waals surface area contributed by atoms with Crippen molar-refractivity contribution >= 4 is 15.8 Å². The second-order valence-electron chi connectivity index (χ2n) is 3.10. The summed E-state index contributed by atoms with van der Waals surface area (Å²) >= 11 is 0. The van der Waals surface area contributed by atoms with E-state index in [1.165, 1.54) is 0 Å². The summed E-state index contributed by atoms with van der Waals surface area (Å²) in [5.74, 6) is -1.31. The third kappa shape index (κ3) is 3.13. The number of sulfone groups is 1. The number of benzene rings is 1. The molecule has 0 atom stereocenters. The summed E-state index contributed by atoms with van der Waals surface area (Å²) in [7, 11) is -5.40. The lowest BCUT2D eigenvalue weighted by atomic mass is 10.3. The van der Waals surface area contributed by atoms with Crippen molar-refractivity contribution in [1.82, 2.24) is 0 Å². The highest BCUT2D eigenvalue weighted by Crippen LogP contribution is 2.30. The average molecular weight is 284 g/mol. The lowest BCUT2D eigenvalue weighted by Gasteiger charge is -2.08. The van der Waals surface area contributed by atoms with Crippen LogP contribution in [0, 0.1) is 0 Å². The van der Waals surface area contributed by atoms with E-state index in [-0.39, 0.29) is 5.75 Å². The van der Waals surface area contributed by atoms with Crippen molar-refractivity contribution in [3.8, 4) is 5.75 Å². The van der Waals surface area contributed by atoms with Crippen LogP contribution in [0.15, 0.2) is 29.2 Å². The van der Waals surface area contributed by atoms with E-state index in [1.54, 1.807) is 0 Å². The van der Waals surface area contributed by atoms with Crippen LogP contribution in [0.3, 0.4) is 0 Å². The van der Waals surface area contributed by atoms with Gasteiger partial charge in [0.2, 0.25) is 0 Å². The predicted octanol–water partition coefficient (Wildman–Crippen LogP) is 1.44. The zero-order chi connectivity index (χ0) is 14.0. The van der Waals surface area contributed by atoms with Gasteiger partial charge in [0.05, 0.1) is 4.90 Å². The number of halogens is 3. The Morgan fingerprint density at radius 1 is 1.22 bits per heavy atom. The number of alkyl halides is 3. The fourth-order valence-corrected chi connectivity index (χ4v) is 1.76. The van der Waals surface area contributed by atoms with Crippen LogP contribution in [-0.4, -0.2) is 31.6 Å². The molecular formula is C9H7F3O5S. The number of carboxylic acids is 1. The van der Waals surface area contributed by atoms with Crippen LogP contribution in [0.4, 0.5) is 13.2 Å². The van der Waals surface area contributed by atoms with Crippen molar-refractivity contribution in [3.63, 3.8) is 0 Å². The van der Waals surface area contributed by atoms with Crippen molar-refractivity contribution in [2.24, 2.45) is 0 Å². The minimum Gasteiger partial charge on any atom is -0.482 e. The molecule has 0 aliphatic heterocycles. The summed E-state index contributed by atoms with van der Waals surface area (Å²) in [5.41, 5.74) is -5.38. The molecule has 1 N–H and O–H groups in total. The molecule has 0 amide bonds. The number of carboxylic acid groups (broad SMARTS) is 1. The van der Waals surface area contributed by atoms with Crippen LogP contribution in [-0.2, 0) is 14.6 Å². The smallest absolute Gasteiger partial charge is 0.482 e. The number of rotatable bonds is 4. The lowest BCUT2D eigenvalue weighted by Crippen LogP contribution is -2.23.